The molecule has 2 aliphatic heterocycles. The standard InChI is InChI=1S/C40H57NO6S3Si/c1-12-14-15-16-27-21-30(42)34(29-20-25(5)17-18-28(29)24(3)4)31(22-27)46-39(48)49-23-32-35(38(44)45-19-13-2)41-36(43)33(37(41)50-32)26(6)47-51(10,11)40(7,8)9/h13,20-22,26,28-29,33,37,42H,2-3,12,14-19,23H2,1,4-11H3/t26-,28+,29-,33+,37-/m1/s1. The number of amides is 1. The maximum absolute atomic E-state index is 13.7. The number of thiocarbonyl (C=S) groups is 1. The van der Waals surface area contributed by atoms with Gasteiger partial charge in [0.15, 0.2) is 8.32 Å². The smallest absolute Gasteiger partial charge is 0.356 e. The summed E-state index contributed by atoms with van der Waals surface area (Å²) in [6.07, 6.45) is 9.41. The molecule has 0 spiro atoms. The van der Waals surface area contributed by atoms with Crippen molar-refractivity contribution in [2.24, 2.45) is 11.8 Å². The highest BCUT2D eigenvalue weighted by molar-refractivity contribution is 8.23. The maximum atomic E-state index is 13.7. The number of fused-ring (bicyclic) bond motifs is 1. The molecule has 4 rings (SSSR count). The molecule has 1 saturated heterocycles. The summed E-state index contributed by atoms with van der Waals surface area (Å²) in [5, 5.41) is 11.2. The van der Waals surface area contributed by atoms with E-state index in [9.17, 15) is 14.7 Å². The van der Waals surface area contributed by atoms with Crippen LogP contribution in [0, 0.1) is 11.8 Å². The Bertz CT molecular complexity index is 1590. The van der Waals surface area contributed by atoms with Gasteiger partial charge < -0.3 is 19.0 Å². The quantitative estimate of drug-likeness (QED) is 0.0468. The highest BCUT2D eigenvalue weighted by Gasteiger charge is 2.59. The van der Waals surface area contributed by atoms with Gasteiger partial charge in [0.25, 0.3) is 0 Å². The van der Waals surface area contributed by atoms with Crippen molar-refractivity contribution >= 4 is 60.3 Å². The first-order valence-corrected chi connectivity index (χ1v) is 23.3. The number of rotatable bonds is 15. The number of carbonyl (C=O) groups is 2. The van der Waals surface area contributed by atoms with E-state index in [0.29, 0.717) is 16.4 Å². The number of hydrogen-bond donors (Lipinski definition) is 1. The van der Waals surface area contributed by atoms with Gasteiger partial charge in [-0.05, 0) is 100 Å². The summed E-state index contributed by atoms with van der Waals surface area (Å²) in [6.45, 7) is 27.2. The number of allylic oxidation sites excluding steroid dienone is 3. The molecule has 2 heterocycles. The first kappa shape index (κ1) is 41.4. The molecule has 5 atom stereocenters. The fourth-order valence-electron chi connectivity index (χ4n) is 6.81. The fourth-order valence-corrected chi connectivity index (χ4v) is 10.9. The van der Waals surface area contributed by atoms with Crippen LogP contribution < -0.4 is 4.74 Å². The van der Waals surface area contributed by atoms with E-state index in [-0.39, 0.29) is 62.6 Å². The topological polar surface area (TPSA) is 85.3 Å². The van der Waals surface area contributed by atoms with Crippen LogP contribution in [-0.4, -0.2) is 58.4 Å². The lowest BCUT2D eigenvalue weighted by Gasteiger charge is -2.48. The number of esters is 1. The molecule has 51 heavy (non-hydrogen) atoms. The van der Waals surface area contributed by atoms with Crippen molar-refractivity contribution in [3.63, 3.8) is 0 Å². The van der Waals surface area contributed by atoms with Gasteiger partial charge in [-0.1, -0.05) is 88.8 Å². The van der Waals surface area contributed by atoms with Crippen molar-refractivity contribution < 1.29 is 28.6 Å². The second-order valence-corrected chi connectivity index (χ2v) is 23.2. The number of phenolic OH excluding ortho intramolecular Hbond substituents is 1. The third kappa shape index (κ3) is 9.44. The molecule has 280 valence electrons. The highest BCUT2D eigenvalue weighted by Crippen LogP contribution is 2.53. The number of ether oxygens (including phenoxy) is 2. The Morgan fingerprint density at radius 1 is 1.27 bits per heavy atom. The third-order valence-electron chi connectivity index (χ3n) is 10.6. The average molecular weight is 772 g/mol. The lowest BCUT2D eigenvalue weighted by molar-refractivity contribution is -0.157. The highest BCUT2D eigenvalue weighted by atomic mass is 32.2. The molecular weight excluding hydrogens is 715 g/mol. The van der Waals surface area contributed by atoms with Crippen LogP contribution in [0.3, 0.4) is 0 Å². The molecule has 7 nitrogen and oxygen atoms in total. The summed E-state index contributed by atoms with van der Waals surface area (Å²) in [5.41, 5.74) is 4.32. The minimum atomic E-state index is -2.14. The Kier molecular flexibility index (Phi) is 14.0. The van der Waals surface area contributed by atoms with Gasteiger partial charge in [-0.2, -0.15) is 0 Å². The van der Waals surface area contributed by atoms with E-state index in [1.807, 2.05) is 26.0 Å². The van der Waals surface area contributed by atoms with Gasteiger partial charge in [0, 0.05) is 22.1 Å². The fraction of sp³-hybridized carbons (Fsp3) is 0.575. The van der Waals surface area contributed by atoms with Crippen LogP contribution in [0.5, 0.6) is 11.5 Å². The largest absolute Gasteiger partial charge is 0.507 e. The number of benzene rings is 1. The van der Waals surface area contributed by atoms with Gasteiger partial charge in [-0.15, -0.1) is 11.8 Å². The van der Waals surface area contributed by atoms with Crippen LogP contribution in [0.25, 0.3) is 0 Å². The van der Waals surface area contributed by atoms with Crippen molar-refractivity contribution in [3.05, 3.63) is 70.3 Å². The molecule has 1 amide bonds. The summed E-state index contributed by atoms with van der Waals surface area (Å²) < 4.78 is 18.8. The Balaban J connectivity index is 1.59. The molecule has 1 N–H and O–H groups in total. The molecule has 1 aromatic rings. The zero-order chi connectivity index (χ0) is 37.8. The predicted molar refractivity (Wildman–Crippen MR) is 219 cm³/mol. The zero-order valence-corrected chi connectivity index (χ0v) is 35.4. The number of β-lactam (4-membered cyclic amide) rings is 1. The molecule has 11 heteroatoms. The van der Waals surface area contributed by atoms with E-state index in [2.05, 4.69) is 66.9 Å². The molecular formula is C40H57NO6S3Si. The minimum Gasteiger partial charge on any atom is -0.507 e. The Hall–Kier alpha value is -2.31. The van der Waals surface area contributed by atoms with Gasteiger partial charge in [0.2, 0.25) is 10.3 Å². The van der Waals surface area contributed by atoms with Gasteiger partial charge in [-0.25, -0.2) is 4.79 Å². The minimum absolute atomic E-state index is 0.00479. The van der Waals surface area contributed by atoms with E-state index in [1.165, 1.54) is 35.2 Å². The number of aryl methyl sites for hydroxylation is 1. The van der Waals surface area contributed by atoms with Crippen molar-refractivity contribution in [1.29, 1.82) is 0 Å². The number of hydrogen-bond acceptors (Lipinski definition) is 9. The van der Waals surface area contributed by atoms with Crippen LogP contribution in [-0.2, 0) is 25.2 Å². The van der Waals surface area contributed by atoms with Crippen LogP contribution in [0.4, 0.5) is 0 Å². The summed E-state index contributed by atoms with van der Waals surface area (Å²) in [4.78, 5) is 29.3. The number of unbranched alkanes of at least 4 members (excludes halogenated alkanes) is 2. The lowest BCUT2D eigenvalue weighted by Crippen LogP contribution is -2.62. The monoisotopic (exact) mass is 771 g/mol. The van der Waals surface area contributed by atoms with Crippen LogP contribution >= 0.6 is 35.7 Å². The molecule has 1 fully saturated rings. The second-order valence-electron chi connectivity index (χ2n) is 15.6. The molecule has 1 aromatic carbocycles. The lowest BCUT2D eigenvalue weighted by atomic mass is 9.73. The SMILES string of the molecule is C=CCOC(=O)C1=C(CSC(=S)Oc2cc(CCCCC)cc(O)c2[C@@H]2C=C(C)CC[C@H]2C(=C)C)S[C@@H]2[C@@H]([C@@H](C)O[Si](C)(C)C(C)(C)C)C(=O)N12. The molecule has 0 aromatic heterocycles. The second kappa shape index (κ2) is 17.2. The molecule has 0 radical (unpaired) electrons. The zero-order valence-electron chi connectivity index (χ0n) is 31.9. The number of thioether (sulfide) groups is 2. The normalized spacial score (nSPS) is 22.6. The van der Waals surface area contributed by atoms with E-state index in [1.54, 1.807) is 4.90 Å². The number of carbonyl (C=O) groups excluding carboxylic acids is 2. The van der Waals surface area contributed by atoms with Crippen molar-refractivity contribution in [1.82, 2.24) is 4.90 Å². The Labute approximate surface area is 320 Å². The molecule has 0 unspecified atom stereocenters. The van der Waals surface area contributed by atoms with Gasteiger partial charge in [-0.3, -0.25) is 9.69 Å². The van der Waals surface area contributed by atoms with E-state index >= 15 is 0 Å². The van der Waals surface area contributed by atoms with Gasteiger partial charge >= 0.3 is 5.97 Å². The van der Waals surface area contributed by atoms with Crippen LogP contribution in [0.2, 0.25) is 18.1 Å². The molecule has 3 aliphatic rings. The molecule has 0 saturated carbocycles. The van der Waals surface area contributed by atoms with E-state index in [4.69, 9.17) is 26.1 Å². The average Bonchev–Trinajstić information content (AvgIpc) is 3.35. The maximum Gasteiger partial charge on any atom is 0.356 e. The van der Waals surface area contributed by atoms with Crippen LogP contribution in [0.1, 0.15) is 97.6 Å². The molecule has 1 aliphatic carbocycles. The van der Waals surface area contributed by atoms with Crippen molar-refractivity contribution in [2.45, 2.75) is 123 Å². The summed E-state index contributed by atoms with van der Waals surface area (Å²) in [5.74, 6) is 0.0719. The summed E-state index contributed by atoms with van der Waals surface area (Å²) in [7, 11) is -2.14. The van der Waals surface area contributed by atoms with Crippen molar-refractivity contribution in [2.75, 3.05) is 12.4 Å². The predicted octanol–water partition coefficient (Wildman–Crippen LogP) is 10.4. The number of phenols is 1. The third-order valence-corrected chi connectivity index (χ3v) is 18.0. The van der Waals surface area contributed by atoms with Gasteiger partial charge in [0.1, 0.15) is 29.2 Å². The van der Waals surface area contributed by atoms with Crippen LogP contribution in [0.15, 0.2) is 59.2 Å². The Morgan fingerprint density at radius 3 is 2.61 bits per heavy atom. The Morgan fingerprint density at radius 2 is 1.98 bits per heavy atom. The number of aromatic hydroxyl groups is 1. The van der Waals surface area contributed by atoms with E-state index < -0.39 is 14.3 Å². The molecule has 0 bridgehead atoms. The summed E-state index contributed by atoms with van der Waals surface area (Å²) in [6, 6.07) is 3.89. The first-order valence-electron chi connectivity index (χ1n) is 18.1. The number of nitrogens with zero attached hydrogens (tertiary/aromatic N) is 1. The van der Waals surface area contributed by atoms with Gasteiger partial charge in [0.05, 0.1) is 12.0 Å². The van der Waals surface area contributed by atoms with Crippen molar-refractivity contribution in [3.8, 4) is 11.5 Å². The first-order chi connectivity index (χ1) is 23.9. The van der Waals surface area contributed by atoms with E-state index in [0.717, 1.165) is 55.2 Å². The summed E-state index contributed by atoms with van der Waals surface area (Å²) >= 11 is 8.62.